The van der Waals surface area contributed by atoms with E-state index in [1.165, 1.54) is 75.7 Å². The minimum absolute atomic E-state index is 0.0120. The van der Waals surface area contributed by atoms with E-state index in [4.69, 9.17) is 0 Å². The van der Waals surface area contributed by atoms with E-state index in [1.807, 2.05) is 12.1 Å². The number of hydrogen-bond acceptors (Lipinski definition) is 8. The normalized spacial score (nSPS) is 21.3. The number of likely N-dealkylation sites (tertiary alicyclic amines) is 2. The van der Waals surface area contributed by atoms with Crippen molar-refractivity contribution < 1.29 is 17.7 Å². The van der Waals surface area contributed by atoms with Crippen molar-refractivity contribution in [2.45, 2.75) is 71.7 Å². The number of anilines is 1. The second-order valence-electron chi connectivity index (χ2n) is 11.7. The minimum atomic E-state index is -3.92. The third-order valence-corrected chi connectivity index (χ3v) is 11.9. The number of aromatic nitrogens is 1. The lowest BCUT2D eigenvalue weighted by Crippen LogP contribution is -2.52. The summed E-state index contributed by atoms with van der Waals surface area (Å²) < 4.78 is 40.2. The van der Waals surface area contributed by atoms with E-state index >= 15 is 0 Å². The topological polar surface area (TPSA) is 94.0 Å². The number of benzene rings is 2. The van der Waals surface area contributed by atoms with Gasteiger partial charge >= 0.3 is 0 Å². The molecular formula is C31H40N4O4S2. The Bertz CT molecular complexity index is 1510. The van der Waals surface area contributed by atoms with Gasteiger partial charge in [0.25, 0.3) is 0 Å². The fourth-order valence-electron chi connectivity index (χ4n) is 6.95. The van der Waals surface area contributed by atoms with Crippen LogP contribution in [0.2, 0.25) is 0 Å². The van der Waals surface area contributed by atoms with E-state index in [-0.39, 0.29) is 15.5 Å². The summed E-state index contributed by atoms with van der Waals surface area (Å²) in [5.41, 5.74) is 1.32. The van der Waals surface area contributed by atoms with Crippen molar-refractivity contribution in [2.75, 3.05) is 50.4 Å². The minimum Gasteiger partial charge on any atom is -0.508 e. The lowest BCUT2D eigenvalue weighted by molar-refractivity contribution is 0.0654. The molecule has 4 heterocycles. The first-order valence-electron chi connectivity index (χ1n) is 14.8. The van der Waals surface area contributed by atoms with Gasteiger partial charge in [-0.1, -0.05) is 6.42 Å². The summed E-state index contributed by atoms with van der Waals surface area (Å²) in [5, 5.41) is 10.4. The number of pyridine rings is 1. The maximum Gasteiger partial charge on any atom is 0.210 e. The second kappa shape index (κ2) is 12.0. The Morgan fingerprint density at radius 1 is 0.829 bits per heavy atom. The summed E-state index contributed by atoms with van der Waals surface area (Å²) in [4.78, 5) is 13.0. The SMILES string of the molecule is CS(=O)c1ccc2ncc(S(=O)(=O)c3ccc(O)cc3)c(N3CCC(N4CCC(N5CCCCC5)CC4)CC3)c2c1. The van der Waals surface area contributed by atoms with E-state index in [2.05, 4.69) is 19.7 Å². The molecule has 0 bridgehead atoms. The Morgan fingerprint density at radius 3 is 2.07 bits per heavy atom. The summed E-state index contributed by atoms with van der Waals surface area (Å²) in [6.07, 6.45) is 11.5. The first-order chi connectivity index (χ1) is 19.8. The Labute approximate surface area is 245 Å². The van der Waals surface area contributed by atoms with Gasteiger partial charge in [-0.15, -0.1) is 0 Å². The molecule has 2 aromatic carbocycles. The summed E-state index contributed by atoms with van der Waals surface area (Å²) >= 11 is 0. The van der Waals surface area contributed by atoms with E-state index in [1.54, 1.807) is 12.3 Å². The van der Waals surface area contributed by atoms with Crippen LogP contribution in [0.1, 0.15) is 44.9 Å². The van der Waals surface area contributed by atoms with Crippen LogP contribution in [0.25, 0.3) is 10.9 Å². The molecular weight excluding hydrogens is 556 g/mol. The zero-order chi connectivity index (χ0) is 28.6. The number of sulfone groups is 1. The second-order valence-corrected chi connectivity index (χ2v) is 15.0. The maximum absolute atomic E-state index is 13.9. The van der Waals surface area contributed by atoms with Crippen LogP contribution < -0.4 is 4.90 Å². The summed E-state index contributed by atoms with van der Waals surface area (Å²) in [6, 6.07) is 12.3. The van der Waals surface area contributed by atoms with Crippen LogP contribution >= 0.6 is 0 Å². The molecule has 0 aliphatic carbocycles. The fraction of sp³-hybridized carbons (Fsp3) is 0.516. The predicted molar refractivity (Wildman–Crippen MR) is 163 cm³/mol. The third kappa shape index (κ3) is 5.89. The van der Waals surface area contributed by atoms with Gasteiger partial charge in [-0.3, -0.25) is 9.19 Å². The van der Waals surface area contributed by atoms with Crippen LogP contribution in [0.5, 0.6) is 5.75 Å². The first-order valence-corrected chi connectivity index (χ1v) is 17.9. The van der Waals surface area contributed by atoms with Crippen LogP contribution in [-0.2, 0) is 20.6 Å². The van der Waals surface area contributed by atoms with Gasteiger partial charge < -0.3 is 19.8 Å². The molecule has 3 fully saturated rings. The van der Waals surface area contributed by atoms with Gasteiger partial charge in [-0.2, -0.15) is 0 Å². The number of fused-ring (bicyclic) bond motifs is 1. The van der Waals surface area contributed by atoms with Gasteiger partial charge in [0.15, 0.2) is 0 Å². The van der Waals surface area contributed by atoms with Crippen molar-refractivity contribution in [1.29, 1.82) is 0 Å². The van der Waals surface area contributed by atoms with E-state index in [0.29, 0.717) is 27.5 Å². The van der Waals surface area contributed by atoms with Crippen LogP contribution in [0.4, 0.5) is 5.69 Å². The average Bonchev–Trinajstić information content (AvgIpc) is 3.01. The van der Waals surface area contributed by atoms with E-state index in [0.717, 1.165) is 45.1 Å². The van der Waals surface area contributed by atoms with Crippen LogP contribution in [-0.4, -0.2) is 90.1 Å². The molecule has 3 saturated heterocycles. The molecule has 8 nitrogen and oxygen atoms in total. The Morgan fingerprint density at radius 2 is 1.44 bits per heavy atom. The van der Waals surface area contributed by atoms with Gasteiger partial charge in [0.2, 0.25) is 9.84 Å². The molecule has 1 unspecified atom stereocenters. The van der Waals surface area contributed by atoms with E-state index < -0.39 is 20.6 Å². The van der Waals surface area contributed by atoms with Crippen molar-refractivity contribution in [3.8, 4) is 5.75 Å². The number of piperidine rings is 3. The number of rotatable bonds is 6. The highest BCUT2D eigenvalue weighted by atomic mass is 32.2. The molecule has 0 radical (unpaired) electrons. The molecule has 220 valence electrons. The van der Waals surface area contributed by atoms with E-state index in [9.17, 15) is 17.7 Å². The standard InChI is InChI=1S/C31H40N4O4S2/c1-40(37)26-7-10-29-28(21-26)31(30(22-32-29)41(38,39)27-8-5-25(36)6-9-27)35-19-13-24(14-20-35)34-17-11-23(12-18-34)33-15-3-2-4-16-33/h5-10,21-24,36H,2-4,11-20H2,1H3. The number of phenols is 1. The van der Waals surface area contributed by atoms with Gasteiger partial charge in [-0.05, 0) is 107 Å². The molecule has 41 heavy (non-hydrogen) atoms. The maximum atomic E-state index is 13.9. The van der Waals surface area contributed by atoms with Gasteiger partial charge in [0.1, 0.15) is 10.6 Å². The quantitative estimate of drug-likeness (QED) is 0.447. The highest BCUT2D eigenvalue weighted by molar-refractivity contribution is 7.91. The molecule has 0 amide bonds. The lowest BCUT2D eigenvalue weighted by Gasteiger charge is -2.45. The molecule has 3 aromatic rings. The zero-order valence-electron chi connectivity index (χ0n) is 23.7. The molecule has 1 atom stereocenters. The molecule has 0 saturated carbocycles. The Balaban J connectivity index is 1.26. The van der Waals surface area contributed by atoms with Crippen molar-refractivity contribution in [3.05, 3.63) is 48.7 Å². The van der Waals surface area contributed by atoms with Crippen molar-refractivity contribution in [1.82, 2.24) is 14.8 Å². The molecule has 1 aromatic heterocycles. The van der Waals surface area contributed by atoms with Crippen LogP contribution in [0.15, 0.2) is 63.3 Å². The van der Waals surface area contributed by atoms with Gasteiger partial charge in [-0.25, -0.2) is 8.42 Å². The van der Waals surface area contributed by atoms with Crippen molar-refractivity contribution in [2.24, 2.45) is 0 Å². The number of phenolic OH excluding ortho intramolecular Hbond substituents is 1. The molecule has 0 spiro atoms. The number of hydrogen-bond donors (Lipinski definition) is 1. The zero-order valence-corrected chi connectivity index (χ0v) is 25.4. The lowest BCUT2D eigenvalue weighted by atomic mass is 9.95. The smallest absolute Gasteiger partial charge is 0.210 e. The van der Waals surface area contributed by atoms with Gasteiger partial charge in [0, 0.05) is 58.7 Å². The summed E-state index contributed by atoms with van der Waals surface area (Å²) in [5.74, 6) is 0.0120. The highest BCUT2D eigenvalue weighted by Gasteiger charge is 2.33. The Hall–Kier alpha value is -2.53. The Kier molecular flexibility index (Phi) is 8.36. The molecule has 6 rings (SSSR count). The fourth-order valence-corrected chi connectivity index (χ4v) is 8.92. The molecule has 3 aliphatic heterocycles. The monoisotopic (exact) mass is 596 g/mol. The largest absolute Gasteiger partial charge is 0.508 e. The van der Waals surface area contributed by atoms with Crippen LogP contribution in [0.3, 0.4) is 0 Å². The summed E-state index contributed by atoms with van der Waals surface area (Å²) in [7, 11) is -5.13. The van der Waals surface area contributed by atoms with Crippen LogP contribution in [0, 0.1) is 0 Å². The third-order valence-electron chi connectivity index (χ3n) is 9.25. The first kappa shape index (κ1) is 28.6. The number of aromatic hydroxyl groups is 1. The number of nitrogens with zero attached hydrogens (tertiary/aromatic N) is 4. The summed E-state index contributed by atoms with van der Waals surface area (Å²) in [6.45, 7) is 6.27. The molecule has 3 aliphatic rings. The van der Waals surface area contributed by atoms with Crippen molar-refractivity contribution in [3.63, 3.8) is 0 Å². The van der Waals surface area contributed by atoms with Gasteiger partial charge in [0.05, 0.1) is 16.1 Å². The van der Waals surface area contributed by atoms with Crippen molar-refractivity contribution >= 4 is 37.2 Å². The molecule has 10 heteroatoms. The highest BCUT2D eigenvalue weighted by Crippen LogP contribution is 2.38. The predicted octanol–water partition coefficient (Wildman–Crippen LogP) is 4.43. The average molecular weight is 597 g/mol. The molecule has 1 N–H and O–H groups in total.